The van der Waals surface area contributed by atoms with E-state index in [1.165, 1.54) is 33.0 Å². The first-order valence-corrected chi connectivity index (χ1v) is 14.0. The van der Waals surface area contributed by atoms with E-state index in [-0.39, 0.29) is 0 Å². The van der Waals surface area contributed by atoms with Crippen LogP contribution in [0.4, 0.5) is 0 Å². The Bertz CT molecular complexity index is 1740. The molecule has 6 aromatic rings. The van der Waals surface area contributed by atoms with Gasteiger partial charge in [-0.05, 0) is 68.1 Å². The van der Waals surface area contributed by atoms with E-state index >= 15 is 0 Å². The van der Waals surface area contributed by atoms with Crippen LogP contribution in [0.25, 0.3) is 49.7 Å². The Morgan fingerprint density at radius 3 is 1.45 bits per heavy atom. The van der Waals surface area contributed by atoms with Gasteiger partial charge in [0.1, 0.15) is 0 Å². The summed E-state index contributed by atoms with van der Waals surface area (Å²) in [6.07, 6.45) is 0. The number of hydrogen-bond donors (Lipinski definition) is 0. The quantitative estimate of drug-likeness (QED) is 0.218. The topological polar surface area (TPSA) is 23.4 Å². The van der Waals surface area contributed by atoms with Crippen LogP contribution in [0, 0.1) is 0 Å². The summed E-state index contributed by atoms with van der Waals surface area (Å²) in [6, 6.07) is 43.3. The standard InChI is InChI=1S/C36H32BNO2/c1-35(2)36(3,4)40-37(39-35)31-17-11-12-18-32(31)38-33-23-27(25-13-7-5-8-14-25)19-21-29(33)30-22-20-28(24-34(30)38)26-15-9-6-10-16-26/h5-24H,1-4H3. The lowest BCUT2D eigenvalue weighted by Crippen LogP contribution is -2.41. The number of fused-ring (bicyclic) bond motifs is 3. The van der Waals surface area contributed by atoms with Gasteiger partial charge in [-0.15, -0.1) is 0 Å². The van der Waals surface area contributed by atoms with Crippen LogP contribution in [-0.4, -0.2) is 22.9 Å². The number of benzene rings is 5. The first-order chi connectivity index (χ1) is 19.3. The van der Waals surface area contributed by atoms with Crippen molar-refractivity contribution in [2.45, 2.75) is 38.9 Å². The van der Waals surface area contributed by atoms with Crippen LogP contribution in [0.1, 0.15) is 27.7 Å². The van der Waals surface area contributed by atoms with Gasteiger partial charge in [-0.1, -0.05) is 103 Å². The maximum atomic E-state index is 6.56. The first-order valence-electron chi connectivity index (χ1n) is 14.0. The maximum Gasteiger partial charge on any atom is 0.496 e. The molecule has 0 saturated carbocycles. The van der Waals surface area contributed by atoms with E-state index in [0.29, 0.717) is 0 Å². The van der Waals surface area contributed by atoms with Crippen molar-refractivity contribution in [2.75, 3.05) is 0 Å². The fourth-order valence-corrected chi connectivity index (χ4v) is 5.76. The average Bonchev–Trinajstić information content (AvgIpc) is 3.41. The lowest BCUT2D eigenvalue weighted by molar-refractivity contribution is 0.00578. The van der Waals surface area contributed by atoms with Crippen molar-refractivity contribution in [3.63, 3.8) is 0 Å². The van der Waals surface area contributed by atoms with Gasteiger partial charge >= 0.3 is 7.12 Å². The summed E-state index contributed by atoms with van der Waals surface area (Å²) < 4.78 is 15.5. The molecule has 2 heterocycles. The van der Waals surface area contributed by atoms with Gasteiger partial charge in [0.25, 0.3) is 0 Å². The molecule has 1 fully saturated rings. The summed E-state index contributed by atoms with van der Waals surface area (Å²) in [4.78, 5) is 0. The van der Waals surface area contributed by atoms with Crippen LogP contribution in [0.5, 0.6) is 0 Å². The zero-order valence-corrected chi connectivity index (χ0v) is 23.4. The second kappa shape index (κ2) is 9.23. The summed E-state index contributed by atoms with van der Waals surface area (Å²) in [5.41, 5.74) is 8.33. The first kappa shape index (κ1) is 24.9. The van der Waals surface area contributed by atoms with Crippen molar-refractivity contribution in [2.24, 2.45) is 0 Å². The second-order valence-corrected chi connectivity index (χ2v) is 11.7. The van der Waals surface area contributed by atoms with Crippen LogP contribution in [0.15, 0.2) is 121 Å². The lowest BCUT2D eigenvalue weighted by atomic mass is 9.77. The van der Waals surface area contributed by atoms with E-state index in [0.717, 1.165) is 22.2 Å². The molecular formula is C36H32BNO2. The molecule has 5 aromatic carbocycles. The minimum atomic E-state index is -0.469. The van der Waals surface area contributed by atoms with Crippen molar-refractivity contribution >= 4 is 34.4 Å². The van der Waals surface area contributed by atoms with Crippen molar-refractivity contribution in [1.82, 2.24) is 4.57 Å². The van der Waals surface area contributed by atoms with Crippen LogP contribution >= 0.6 is 0 Å². The van der Waals surface area contributed by atoms with E-state index < -0.39 is 18.3 Å². The molecule has 1 aromatic heterocycles. The molecule has 1 saturated heterocycles. The molecule has 0 spiro atoms. The Morgan fingerprint density at radius 1 is 0.500 bits per heavy atom. The summed E-state index contributed by atoms with van der Waals surface area (Å²) >= 11 is 0. The minimum absolute atomic E-state index is 0.424. The summed E-state index contributed by atoms with van der Waals surface area (Å²) in [7, 11) is -0.469. The molecule has 7 rings (SSSR count). The molecule has 40 heavy (non-hydrogen) atoms. The predicted octanol–water partition coefficient (Wildman–Crippen LogP) is 8.42. The van der Waals surface area contributed by atoms with E-state index in [9.17, 15) is 0 Å². The third-order valence-corrected chi connectivity index (χ3v) is 8.67. The Hall–Kier alpha value is -4.12. The number of nitrogens with zero attached hydrogens (tertiary/aromatic N) is 1. The van der Waals surface area contributed by atoms with Gasteiger partial charge in [0.05, 0.1) is 22.2 Å². The molecule has 0 bridgehead atoms. The van der Waals surface area contributed by atoms with Gasteiger partial charge in [0.2, 0.25) is 0 Å². The molecule has 0 atom stereocenters. The lowest BCUT2D eigenvalue weighted by Gasteiger charge is -2.32. The van der Waals surface area contributed by atoms with Gasteiger partial charge in [0, 0.05) is 21.9 Å². The number of hydrogen-bond acceptors (Lipinski definition) is 2. The molecule has 0 unspecified atom stereocenters. The molecule has 0 radical (unpaired) electrons. The highest BCUT2D eigenvalue weighted by atomic mass is 16.7. The van der Waals surface area contributed by atoms with Crippen molar-refractivity contribution in [3.8, 4) is 27.9 Å². The monoisotopic (exact) mass is 521 g/mol. The molecule has 3 nitrogen and oxygen atoms in total. The minimum Gasteiger partial charge on any atom is -0.399 e. The normalized spacial score (nSPS) is 16.1. The molecule has 1 aliphatic rings. The summed E-state index contributed by atoms with van der Waals surface area (Å²) in [6.45, 7) is 8.42. The highest BCUT2D eigenvalue weighted by Gasteiger charge is 2.52. The highest BCUT2D eigenvalue weighted by molar-refractivity contribution is 6.63. The fourth-order valence-electron chi connectivity index (χ4n) is 5.76. The van der Waals surface area contributed by atoms with Gasteiger partial charge in [0.15, 0.2) is 0 Å². The van der Waals surface area contributed by atoms with Crippen LogP contribution in [-0.2, 0) is 9.31 Å². The van der Waals surface area contributed by atoms with Crippen molar-refractivity contribution < 1.29 is 9.31 Å². The van der Waals surface area contributed by atoms with E-state index in [1.54, 1.807) is 0 Å². The van der Waals surface area contributed by atoms with Crippen LogP contribution < -0.4 is 5.46 Å². The predicted molar refractivity (Wildman–Crippen MR) is 167 cm³/mol. The Morgan fingerprint density at radius 2 is 0.950 bits per heavy atom. The maximum absolute atomic E-state index is 6.56. The van der Waals surface area contributed by atoms with E-state index in [4.69, 9.17) is 9.31 Å². The third kappa shape index (κ3) is 3.99. The van der Waals surface area contributed by atoms with Crippen LogP contribution in [0.2, 0.25) is 0 Å². The van der Waals surface area contributed by atoms with Crippen molar-refractivity contribution in [1.29, 1.82) is 0 Å². The summed E-state index contributed by atoms with van der Waals surface area (Å²) in [5, 5.41) is 2.44. The smallest absolute Gasteiger partial charge is 0.399 e. The van der Waals surface area contributed by atoms with Crippen LogP contribution in [0.3, 0.4) is 0 Å². The van der Waals surface area contributed by atoms with E-state index in [1.807, 2.05) is 0 Å². The number of para-hydroxylation sites is 1. The van der Waals surface area contributed by atoms with Crippen molar-refractivity contribution in [3.05, 3.63) is 121 Å². The summed E-state index contributed by atoms with van der Waals surface area (Å²) in [5.74, 6) is 0. The molecule has 1 aliphatic heterocycles. The van der Waals surface area contributed by atoms with Gasteiger partial charge in [-0.3, -0.25) is 0 Å². The Kier molecular flexibility index (Phi) is 5.74. The molecule has 0 amide bonds. The van der Waals surface area contributed by atoms with Gasteiger partial charge in [-0.25, -0.2) is 0 Å². The SMILES string of the molecule is CC1(C)OB(c2ccccc2-n2c3cc(-c4ccccc4)ccc3c3ccc(-c4ccccc4)cc32)OC1(C)C. The second-order valence-electron chi connectivity index (χ2n) is 11.7. The largest absolute Gasteiger partial charge is 0.496 e. The van der Waals surface area contributed by atoms with Gasteiger partial charge < -0.3 is 13.9 Å². The Labute approximate surface area is 236 Å². The fraction of sp³-hybridized carbons (Fsp3) is 0.167. The molecule has 0 aliphatic carbocycles. The zero-order valence-electron chi connectivity index (χ0n) is 23.4. The van der Waals surface area contributed by atoms with Gasteiger partial charge in [-0.2, -0.15) is 0 Å². The molecule has 196 valence electrons. The highest BCUT2D eigenvalue weighted by Crippen LogP contribution is 2.39. The zero-order chi connectivity index (χ0) is 27.5. The molecular weight excluding hydrogens is 489 g/mol. The molecule has 4 heteroatoms. The van der Waals surface area contributed by atoms with E-state index in [2.05, 4.69) is 154 Å². The Balaban J connectivity index is 1.51. The molecule has 0 N–H and O–H groups in total. The number of rotatable bonds is 4. The third-order valence-electron chi connectivity index (χ3n) is 8.67. The average molecular weight is 521 g/mol. The number of aromatic nitrogens is 1.